The zero-order valence-electron chi connectivity index (χ0n) is 11.9. The summed E-state index contributed by atoms with van der Waals surface area (Å²) in [5.41, 5.74) is 1.27. The third-order valence-corrected chi connectivity index (χ3v) is 6.29. The van der Waals surface area contributed by atoms with Gasteiger partial charge in [0, 0.05) is 24.8 Å². The molecule has 2 aliphatic heterocycles. The first-order chi connectivity index (χ1) is 10.4. The lowest BCUT2D eigenvalue weighted by Crippen LogP contribution is -2.20. The van der Waals surface area contributed by atoms with Gasteiger partial charge in [-0.05, 0) is 37.1 Å². The summed E-state index contributed by atoms with van der Waals surface area (Å²) in [5, 5.41) is 0. The lowest BCUT2D eigenvalue weighted by Gasteiger charge is -2.29. The largest absolute Gasteiger partial charge is 0.440 e. The monoisotopic (exact) mass is 298 g/mol. The molecule has 0 spiro atoms. The maximum absolute atomic E-state index is 6.37. The Morgan fingerprint density at radius 2 is 1.67 bits per heavy atom. The van der Waals surface area contributed by atoms with Crippen molar-refractivity contribution in [2.24, 2.45) is 0 Å². The maximum atomic E-state index is 6.37. The van der Waals surface area contributed by atoms with E-state index in [0.29, 0.717) is 6.04 Å². The fourth-order valence-electron chi connectivity index (χ4n) is 3.12. The van der Waals surface area contributed by atoms with Crippen molar-refractivity contribution in [1.29, 1.82) is 0 Å². The molecule has 4 rings (SSSR count). The van der Waals surface area contributed by atoms with Crippen LogP contribution in [0.15, 0.2) is 60.7 Å². The lowest BCUT2D eigenvalue weighted by molar-refractivity contribution is 0.432. The highest BCUT2D eigenvalue weighted by molar-refractivity contribution is 7.52. The van der Waals surface area contributed by atoms with Crippen LogP contribution in [-0.2, 0) is 0 Å². The summed E-state index contributed by atoms with van der Waals surface area (Å²) in [5.74, 6) is 0.970. The molecule has 108 valence electrons. The van der Waals surface area contributed by atoms with E-state index in [4.69, 9.17) is 4.52 Å². The fraction of sp³-hybridized carbons (Fsp3) is 0.294. The third-order valence-electron chi connectivity index (χ3n) is 4.14. The van der Waals surface area contributed by atoms with Crippen LogP contribution in [0.25, 0.3) is 0 Å². The SMILES string of the molecule is c1ccc(OP2N(c3ccccc3)C[C@@H]3CCCN32)cc1. The van der Waals surface area contributed by atoms with Gasteiger partial charge in [0.05, 0.1) is 0 Å². The summed E-state index contributed by atoms with van der Waals surface area (Å²) in [6.07, 6.45) is 2.59. The predicted octanol–water partition coefficient (Wildman–Crippen LogP) is 4.28. The average molecular weight is 298 g/mol. The second kappa shape index (κ2) is 5.67. The molecule has 21 heavy (non-hydrogen) atoms. The van der Waals surface area contributed by atoms with E-state index in [1.807, 2.05) is 18.2 Å². The van der Waals surface area contributed by atoms with Crippen LogP contribution in [0.2, 0.25) is 0 Å². The van der Waals surface area contributed by atoms with Crippen LogP contribution >= 0.6 is 8.45 Å². The number of fused-ring (bicyclic) bond motifs is 1. The molecule has 2 fully saturated rings. The van der Waals surface area contributed by atoms with Crippen LogP contribution < -0.4 is 9.19 Å². The van der Waals surface area contributed by atoms with Gasteiger partial charge in [-0.15, -0.1) is 0 Å². The van der Waals surface area contributed by atoms with Crippen LogP contribution in [0, 0.1) is 0 Å². The lowest BCUT2D eigenvalue weighted by atomic mass is 10.2. The average Bonchev–Trinajstić information content (AvgIpc) is 3.12. The molecular weight excluding hydrogens is 279 g/mol. The smallest absolute Gasteiger partial charge is 0.279 e. The zero-order valence-corrected chi connectivity index (χ0v) is 12.8. The van der Waals surface area contributed by atoms with E-state index in [-0.39, 0.29) is 0 Å². The minimum absolute atomic E-state index is 0.653. The number of hydrogen-bond acceptors (Lipinski definition) is 3. The van der Waals surface area contributed by atoms with Crippen molar-refractivity contribution in [3.05, 3.63) is 60.7 Å². The Hall–Kier alpha value is -1.57. The Morgan fingerprint density at radius 1 is 0.952 bits per heavy atom. The Labute approximate surface area is 127 Å². The molecule has 0 saturated carbocycles. The van der Waals surface area contributed by atoms with Gasteiger partial charge in [0.1, 0.15) is 5.75 Å². The molecule has 2 heterocycles. The molecule has 4 heteroatoms. The standard InChI is InChI=1S/C17H19N2OP/c1-3-8-15(9-4-1)19-14-16-10-7-13-18(16)21(19)20-17-11-5-2-6-12-17/h1-6,8-9,11-12,16H,7,10,13-14H2/t16-,21?/m0/s1. The molecule has 2 aliphatic rings. The van der Waals surface area contributed by atoms with Crippen molar-refractivity contribution >= 4 is 14.1 Å². The predicted molar refractivity (Wildman–Crippen MR) is 87.5 cm³/mol. The summed E-state index contributed by atoms with van der Waals surface area (Å²) in [4.78, 5) is 0. The number of nitrogens with zero attached hydrogens (tertiary/aromatic N) is 2. The van der Waals surface area contributed by atoms with Gasteiger partial charge >= 0.3 is 0 Å². The molecule has 0 radical (unpaired) electrons. The molecule has 0 aromatic heterocycles. The van der Waals surface area contributed by atoms with Crippen molar-refractivity contribution < 1.29 is 4.52 Å². The zero-order chi connectivity index (χ0) is 14.1. The summed E-state index contributed by atoms with van der Waals surface area (Å²) in [6.45, 7) is 2.25. The van der Waals surface area contributed by atoms with Gasteiger partial charge < -0.3 is 9.19 Å². The number of benzene rings is 2. The first-order valence-corrected chi connectivity index (χ1v) is 8.70. The van der Waals surface area contributed by atoms with E-state index in [0.717, 1.165) is 18.8 Å². The highest BCUT2D eigenvalue weighted by atomic mass is 31.2. The number of anilines is 1. The topological polar surface area (TPSA) is 15.7 Å². The van der Waals surface area contributed by atoms with E-state index >= 15 is 0 Å². The maximum Gasteiger partial charge on any atom is 0.279 e. The molecule has 0 N–H and O–H groups in total. The Balaban J connectivity index is 1.63. The van der Waals surface area contributed by atoms with Gasteiger partial charge in [0.2, 0.25) is 0 Å². The molecule has 0 amide bonds. The molecule has 0 bridgehead atoms. The summed E-state index contributed by atoms with van der Waals surface area (Å²) >= 11 is 0. The number of rotatable bonds is 3. The van der Waals surface area contributed by atoms with Crippen LogP contribution in [-0.4, -0.2) is 23.8 Å². The van der Waals surface area contributed by atoms with Crippen molar-refractivity contribution in [3.63, 3.8) is 0 Å². The minimum Gasteiger partial charge on any atom is -0.440 e. The van der Waals surface area contributed by atoms with E-state index in [2.05, 4.69) is 51.8 Å². The van der Waals surface area contributed by atoms with E-state index in [9.17, 15) is 0 Å². The summed E-state index contributed by atoms with van der Waals surface area (Å²) in [7, 11) is -0.735. The van der Waals surface area contributed by atoms with Crippen molar-refractivity contribution in [1.82, 2.24) is 4.67 Å². The van der Waals surface area contributed by atoms with Crippen molar-refractivity contribution in [2.45, 2.75) is 18.9 Å². The molecule has 2 aromatic carbocycles. The molecule has 0 aliphatic carbocycles. The number of hydrogen-bond donors (Lipinski definition) is 0. The van der Waals surface area contributed by atoms with Gasteiger partial charge in [-0.3, -0.25) is 0 Å². The summed E-state index contributed by atoms with van der Waals surface area (Å²) in [6, 6.07) is 21.5. The Kier molecular flexibility index (Phi) is 3.54. The van der Waals surface area contributed by atoms with Gasteiger partial charge in [-0.1, -0.05) is 36.4 Å². The van der Waals surface area contributed by atoms with Gasteiger partial charge in [0.15, 0.2) is 0 Å². The van der Waals surface area contributed by atoms with Crippen LogP contribution in [0.3, 0.4) is 0 Å². The molecule has 2 aromatic rings. The second-order valence-electron chi connectivity index (χ2n) is 5.53. The van der Waals surface area contributed by atoms with Crippen LogP contribution in [0.1, 0.15) is 12.8 Å². The van der Waals surface area contributed by atoms with Gasteiger partial charge in [-0.25, -0.2) is 4.67 Å². The van der Waals surface area contributed by atoms with Crippen LogP contribution in [0.5, 0.6) is 5.75 Å². The van der Waals surface area contributed by atoms with Crippen molar-refractivity contribution in [2.75, 3.05) is 17.8 Å². The first-order valence-electron chi connectivity index (χ1n) is 7.54. The highest BCUT2D eigenvalue weighted by Gasteiger charge is 2.45. The third kappa shape index (κ3) is 2.52. The molecule has 1 unspecified atom stereocenters. The molecular formula is C17H19N2OP. The highest BCUT2D eigenvalue weighted by Crippen LogP contribution is 2.56. The van der Waals surface area contributed by atoms with E-state index in [1.54, 1.807) is 0 Å². The Bertz CT molecular complexity index is 592. The normalized spacial score (nSPS) is 25.0. The Morgan fingerprint density at radius 3 is 2.43 bits per heavy atom. The molecule has 2 atom stereocenters. The van der Waals surface area contributed by atoms with Crippen molar-refractivity contribution in [3.8, 4) is 5.75 Å². The van der Waals surface area contributed by atoms with E-state index < -0.39 is 8.45 Å². The fourth-order valence-corrected chi connectivity index (χ4v) is 5.35. The van der Waals surface area contributed by atoms with Gasteiger partial charge in [-0.2, -0.15) is 0 Å². The summed E-state index contributed by atoms with van der Waals surface area (Å²) < 4.78 is 11.4. The minimum atomic E-state index is -0.735. The number of para-hydroxylation sites is 2. The van der Waals surface area contributed by atoms with Crippen LogP contribution in [0.4, 0.5) is 5.69 Å². The second-order valence-corrected chi connectivity index (χ2v) is 7.22. The van der Waals surface area contributed by atoms with E-state index in [1.165, 1.54) is 18.5 Å². The van der Waals surface area contributed by atoms with Gasteiger partial charge in [0.25, 0.3) is 8.45 Å². The molecule has 3 nitrogen and oxygen atoms in total. The molecule has 2 saturated heterocycles. The first kappa shape index (κ1) is 13.1. The quantitative estimate of drug-likeness (QED) is 0.787.